The Balaban J connectivity index is 1.86. The fraction of sp³-hybridized carbons (Fsp3) is 0.133. The van der Waals surface area contributed by atoms with Crippen molar-refractivity contribution in [2.24, 2.45) is 0 Å². The Morgan fingerprint density at radius 3 is 2.58 bits per heavy atom. The van der Waals surface area contributed by atoms with Gasteiger partial charge in [-0.2, -0.15) is 0 Å². The normalized spacial score (nSPS) is 10.2. The zero-order valence-electron chi connectivity index (χ0n) is 10.3. The van der Waals surface area contributed by atoms with Gasteiger partial charge in [0.1, 0.15) is 11.6 Å². The maximum Gasteiger partial charge on any atom is 0.251 e. The lowest BCUT2D eigenvalue weighted by atomic mass is 10.1. The number of amides is 1. The van der Waals surface area contributed by atoms with E-state index in [1.807, 2.05) is 0 Å². The monoisotopic (exact) mass is 259 g/mol. The molecule has 0 heterocycles. The van der Waals surface area contributed by atoms with Crippen molar-refractivity contribution in [2.75, 3.05) is 6.54 Å². The second-order valence-corrected chi connectivity index (χ2v) is 4.18. The fourth-order valence-electron chi connectivity index (χ4n) is 1.71. The summed E-state index contributed by atoms with van der Waals surface area (Å²) in [4.78, 5) is 11.7. The summed E-state index contributed by atoms with van der Waals surface area (Å²) in [5.74, 6) is -0.503. The van der Waals surface area contributed by atoms with Crippen LogP contribution in [0.2, 0.25) is 0 Å². The molecule has 2 aromatic carbocycles. The Bertz CT molecular complexity index is 567. The summed E-state index contributed by atoms with van der Waals surface area (Å²) >= 11 is 0. The number of benzene rings is 2. The first-order valence-corrected chi connectivity index (χ1v) is 5.97. The van der Waals surface area contributed by atoms with E-state index in [-0.39, 0.29) is 11.7 Å². The van der Waals surface area contributed by atoms with Crippen LogP contribution in [0, 0.1) is 5.82 Å². The van der Waals surface area contributed by atoms with Gasteiger partial charge in [0.05, 0.1) is 0 Å². The van der Waals surface area contributed by atoms with Gasteiger partial charge >= 0.3 is 0 Å². The molecule has 0 aliphatic rings. The lowest BCUT2D eigenvalue weighted by Crippen LogP contribution is -2.25. The van der Waals surface area contributed by atoms with Crippen molar-refractivity contribution in [1.29, 1.82) is 0 Å². The number of nitrogens with one attached hydrogen (secondary N) is 1. The Hall–Kier alpha value is -2.36. The highest BCUT2D eigenvalue weighted by Gasteiger charge is 2.05. The topological polar surface area (TPSA) is 49.3 Å². The second-order valence-electron chi connectivity index (χ2n) is 4.18. The molecule has 0 atom stereocenters. The van der Waals surface area contributed by atoms with Gasteiger partial charge < -0.3 is 10.4 Å². The minimum atomic E-state index is -0.425. The maximum atomic E-state index is 12.9. The highest BCUT2D eigenvalue weighted by atomic mass is 19.1. The Morgan fingerprint density at radius 2 is 1.89 bits per heavy atom. The molecule has 0 saturated heterocycles. The van der Waals surface area contributed by atoms with Crippen LogP contribution in [-0.4, -0.2) is 17.6 Å². The van der Waals surface area contributed by atoms with Crippen molar-refractivity contribution in [3.63, 3.8) is 0 Å². The molecule has 0 aliphatic heterocycles. The first-order valence-electron chi connectivity index (χ1n) is 5.97. The van der Waals surface area contributed by atoms with Crippen LogP contribution in [0.5, 0.6) is 5.75 Å². The third-order valence-corrected chi connectivity index (χ3v) is 2.72. The van der Waals surface area contributed by atoms with E-state index in [2.05, 4.69) is 5.32 Å². The van der Waals surface area contributed by atoms with Crippen LogP contribution in [0.3, 0.4) is 0 Å². The third-order valence-electron chi connectivity index (χ3n) is 2.72. The van der Waals surface area contributed by atoms with E-state index in [1.54, 1.807) is 30.3 Å². The van der Waals surface area contributed by atoms with E-state index in [9.17, 15) is 9.18 Å². The molecule has 19 heavy (non-hydrogen) atoms. The first kappa shape index (κ1) is 13.1. The molecule has 0 spiro atoms. The average molecular weight is 259 g/mol. The quantitative estimate of drug-likeness (QED) is 0.886. The Labute approximate surface area is 110 Å². The van der Waals surface area contributed by atoms with E-state index in [0.29, 0.717) is 18.5 Å². The molecular formula is C15H14FNO2. The SMILES string of the molecule is O=C(NCCc1ccc(O)cc1)c1cccc(F)c1. The molecule has 0 radical (unpaired) electrons. The van der Waals surface area contributed by atoms with Crippen molar-refractivity contribution in [3.8, 4) is 5.75 Å². The zero-order chi connectivity index (χ0) is 13.7. The van der Waals surface area contributed by atoms with Gasteiger partial charge in [0.25, 0.3) is 5.91 Å². The van der Waals surface area contributed by atoms with E-state index in [4.69, 9.17) is 5.11 Å². The minimum absolute atomic E-state index is 0.215. The van der Waals surface area contributed by atoms with E-state index >= 15 is 0 Å². The van der Waals surface area contributed by atoms with Gasteiger partial charge in [-0.1, -0.05) is 18.2 Å². The molecule has 98 valence electrons. The molecule has 0 fully saturated rings. The van der Waals surface area contributed by atoms with Crippen LogP contribution in [0.15, 0.2) is 48.5 Å². The molecule has 3 nitrogen and oxygen atoms in total. The van der Waals surface area contributed by atoms with Crippen LogP contribution < -0.4 is 5.32 Å². The van der Waals surface area contributed by atoms with Crippen molar-refractivity contribution >= 4 is 5.91 Å². The maximum absolute atomic E-state index is 12.9. The van der Waals surface area contributed by atoms with Gasteiger partial charge in [0, 0.05) is 12.1 Å². The van der Waals surface area contributed by atoms with Crippen LogP contribution in [0.1, 0.15) is 15.9 Å². The number of hydrogen-bond donors (Lipinski definition) is 2. The molecule has 2 rings (SSSR count). The van der Waals surface area contributed by atoms with Crippen LogP contribution >= 0.6 is 0 Å². The summed E-state index contributed by atoms with van der Waals surface area (Å²) in [6.07, 6.45) is 0.654. The number of rotatable bonds is 4. The first-order chi connectivity index (χ1) is 9.15. The molecule has 2 aromatic rings. The van der Waals surface area contributed by atoms with Crippen LogP contribution in [0.4, 0.5) is 4.39 Å². The second kappa shape index (κ2) is 6.00. The summed E-state index contributed by atoms with van der Waals surface area (Å²) < 4.78 is 12.9. The summed E-state index contributed by atoms with van der Waals surface area (Å²) in [6.45, 7) is 0.458. The van der Waals surface area contributed by atoms with Gasteiger partial charge in [-0.3, -0.25) is 4.79 Å². The van der Waals surface area contributed by atoms with Gasteiger partial charge in [-0.05, 0) is 42.3 Å². The van der Waals surface area contributed by atoms with E-state index < -0.39 is 5.82 Å². The minimum Gasteiger partial charge on any atom is -0.508 e. The van der Waals surface area contributed by atoms with Crippen molar-refractivity contribution in [1.82, 2.24) is 5.32 Å². The summed E-state index contributed by atoms with van der Waals surface area (Å²) in [5.41, 5.74) is 1.32. The molecule has 0 bridgehead atoms. The predicted molar refractivity (Wildman–Crippen MR) is 70.5 cm³/mol. The van der Waals surface area contributed by atoms with Crippen molar-refractivity contribution in [3.05, 3.63) is 65.5 Å². The zero-order valence-corrected chi connectivity index (χ0v) is 10.3. The molecule has 0 aromatic heterocycles. The molecule has 0 unspecified atom stereocenters. The standard InChI is InChI=1S/C15H14FNO2/c16-13-3-1-2-12(10-13)15(19)17-9-8-11-4-6-14(18)7-5-11/h1-7,10,18H,8-9H2,(H,17,19). The highest BCUT2D eigenvalue weighted by molar-refractivity contribution is 5.94. The summed E-state index contributed by atoms with van der Waals surface area (Å²) in [7, 11) is 0. The number of halogens is 1. The van der Waals surface area contributed by atoms with Gasteiger partial charge in [0.15, 0.2) is 0 Å². The van der Waals surface area contributed by atoms with Gasteiger partial charge in [0.2, 0.25) is 0 Å². The number of phenolic OH excluding ortho intramolecular Hbond substituents is 1. The molecule has 0 saturated carbocycles. The Kier molecular flexibility index (Phi) is 4.13. The number of aromatic hydroxyl groups is 1. The number of hydrogen-bond acceptors (Lipinski definition) is 2. The fourth-order valence-corrected chi connectivity index (χ4v) is 1.71. The predicted octanol–water partition coefficient (Wildman–Crippen LogP) is 2.50. The number of phenols is 1. The molecule has 1 amide bonds. The molecule has 0 aliphatic carbocycles. The van der Waals surface area contributed by atoms with Crippen LogP contribution in [0.25, 0.3) is 0 Å². The van der Waals surface area contributed by atoms with E-state index in [1.165, 1.54) is 18.2 Å². The molecular weight excluding hydrogens is 245 g/mol. The average Bonchev–Trinajstić information content (AvgIpc) is 2.41. The lowest BCUT2D eigenvalue weighted by Gasteiger charge is -2.05. The largest absolute Gasteiger partial charge is 0.508 e. The highest BCUT2D eigenvalue weighted by Crippen LogP contribution is 2.09. The van der Waals surface area contributed by atoms with Crippen LogP contribution in [-0.2, 0) is 6.42 Å². The van der Waals surface area contributed by atoms with Gasteiger partial charge in [-0.25, -0.2) is 4.39 Å². The lowest BCUT2D eigenvalue weighted by molar-refractivity contribution is 0.0953. The van der Waals surface area contributed by atoms with Gasteiger partial charge in [-0.15, -0.1) is 0 Å². The van der Waals surface area contributed by atoms with Crippen molar-refractivity contribution in [2.45, 2.75) is 6.42 Å². The third kappa shape index (κ3) is 3.81. The number of carbonyl (C=O) groups is 1. The van der Waals surface area contributed by atoms with Crippen molar-refractivity contribution < 1.29 is 14.3 Å². The van der Waals surface area contributed by atoms with E-state index in [0.717, 1.165) is 5.56 Å². The smallest absolute Gasteiger partial charge is 0.251 e. The molecule has 2 N–H and O–H groups in total. The number of carbonyl (C=O) groups excluding carboxylic acids is 1. The molecule has 4 heteroatoms. The summed E-state index contributed by atoms with van der Waals surface area (Å²) in [6, 6.07) is 12.4. The summed E-state index contributed by atoms with van der Waals surface area (Å²) in [5, 5.41) is 11.9. The Morgan fingerprint density at radius 1 is 1.16 bits per heavy atom.